The number of amides is 1. The lowest BCUT2D eigenvalue weighted by Gasteiger charge is -2.06. The van der Waals surface area contributed by atoms with E-state index in [1.807, 2.05) is 24.3 Å². The Balaban J connectivity index is 1.67. The molecule has 9 nitrogen and oxygen atoms in total. The summed E-state index contributed by atoms with van der Waals surface area (Å²) in [5.41, 5.74) is 5.17. The number of benzene rings is 2. The van der Waals surface area contributed by atoms with E-state index in [2.05, 4.69) is 25.6 Å². The predicted molar refractivity (Wildman–Crippen MR) is 101 cm³/mol. The topological polar surface area (TPSA) is 118 Å². The minimum atomic E-state index is -3.49. The number of hydrogen-bond acceptors (Lipinski definition) is 6. The maximum absolute atomic E-state index is 12.1. The predicted octanol–water partition coefficient (Wildman–Crippen LogP) is 0.880. The molecule has 0 spiro atoms. The first kappa shape index (κ1) is 18.7. The van der Waals surface area contributed by atoms with Crippen LogP contribution in [0.15, 0.2) is 58.5 Å². The van der Waals surface area contributed by atoms with Crippen molar-refractivity contribution >= 4 is 32.7 Å². The quantitative estimate of drug-likeness (QED) is 0.482. The molecule has 27 heavy (non-hydrogen) atoms. The molecule has 0 aliphatic heterocycles. The highest BCUT2D eigenvalue weighted by Crippen LogP contribution is 2.11. The van der Waals surface area contributed by atoms with Gasteiger partial charge in [0.2, 0.25) is 10.0 Å². The van der Waals surface area contributed by atoms with Gasteiger partial charge in [-0.05, 0) is 43.8 Å². The monoisotopic (exact) mass is 386 g/mol. The van der Waals surface area contributed by atoms with Gasteiger partial charge in [-0.1, -0.05) is 29.5 Å². The van der Waals surface area contributed by atoms with E-state index in [0.717, 1.165) is 5.52 Å². The molecule has 0 atom stereocenters. The van der Waals surface area contributed by atoms with Crippen LogP contribution < -0.4 is 10.1 Å². The molecule has 0 aliphatic rings. The summed E-state index contributed by atoms with van der Waals surface area (Å²) < 4.78 is 27.2. The molecule has 1 aromatic heterocycles. The zero-order valence-corrected chi connectivity index (χ0v) is 15.6. The van der Waals surface area contributed by atoms with Crippen molar-refractivity contribution in [3.05, 3.63) is 54.1 Å². The fourth-order valence-corrected chi connectivity index (χ4v) is 3.14. The van der Waals surface area contributed by atoms with Crippen LogP contribution in [0.5, 0.6) is 0 Å². The van der Waals surface area contributed by atoms with Crippen molar-refractivity contribution in [2.45, 2.75) is 18.4 Å². The molecule has 0 radical (unpaired) electrons. The van der Waals surface area contributed by atoms with Crippen molar-refractivity contribution in [3.63, 3.8) is 0 Å². The summed E-state index contributed by atoms with van der Waals surface area (Å²) in [6.07, 6.45) is 0. The second-order valence-corrected chi connectivity index (χ2v) is 7.59. The lowest BCUT2D eigenvalue weighted by atomic mass is 10.1. The number of rotatable bonds is 6. The van der Waals surface area contributed by atoms with E-state index in [-0.39, 0.29) is 17.3 Å². The first-order valence-electron chi connectivity index (χ1n) is 8.06. The van der Waals surface area contributed by atoms with Crippen LogP contribution in [0.25, 0.3) is 11.0 Å². The number of sulfonamides is 1. The van der Waals surface area contributed by atoms with Crippen LogP contribution in [-0.2, 0) is 21.4 Å². The summed E-state index contributed by atoms with van der Waals surface area (Å²) in [6, 6.07) is 13.5. The zero-order chi connectivity index (χ0) is 19.4. The number of carbonyl (C=O) groups excluding carboxylic acids is 1. The van der Waals surface area contributed by atoms with Crippen molar-refractivity contribution in [2.75, 3.05) is 7.05 Å². The molecule has 0 aliphatic carbocycles. The van der Waals surface area contributed by atoms with Gasteiger partial charge in [-0.25, -0.2) is 23.2 Å². The van der Waals surface area contributed by atoms with Gasteiger partial charge in [0.15, 0.2) is 0 Å². The van der Waals surface area contributed by atoms with Gasteiger partial charge in [-0.3, -0.25) is 4.79 Å². The summed E-state index contributed by atoms with van der Waals surface area (Å²) in [5, 5.41) is 12.0. The Morgan fingerprint density at radius 3 is 2.56 bits per heavy atom. The lowest BCUT2D eigenvalue weighted by molar-refractivity contribution is -0.121. The highest BCUT2D eigenvalue weighted by Gasteiger charge is 2.11. The Hall–Kier alpha value is -3.11. The molecule has 1 amide bonds. The number of fused-ring (bicyclic) bond motifs is 1. The highest BCUT2D eigenvalue weighted by molar-refractivity contribution is 7.89. The number of aromatic nitrogens is 3. The normalized spacial score (nSPS) is 12.3. The van der Waals surface area contributed by atoms with Crippen molar-refractivity contribution in [3.8, 4) is 0 Å². The summed E-state index contributed by atoms with van der Waals surface area (Å²) >= 11 is 0. The minimum Gasteiger partial charge on any atom is -0.271 e. The molecule has 0 unspecified atom stereocenters. The fourth-order valence-electron chi connectivity index (χ4n) is 2.41. The van der Waals surface area contributed by atoms with Gasteiger partial charge in [0.05, 0.1) is 16.1 Å². The average Bonchev–Trinajstić information content (AvgIpc) is 3.09. The van der Waals surface area contributed by atoms with Gasteiger partial charge >= 0.3 is 0 Å². The SMILES string of the molecule is CNS(=O)(=O)c1ccc(/C(C)=N\NC(=O)Cn2nnc3ccccc32)cc1. The summed E-state index contributed by atoms with van der Waals surface area (Å²) in [6.45, 7) is 1.70. The number of nitrogens with one attached hydrogen (secondary N) is 2. The van der Waals surface area contributed by atoms with Gasteiger partial charge in [-0.15, -0.1) is 5.10 Å². The standard InChI is InChI=1S/C17H18N6O3S/c1-12(13-7-9-14(10-8-13)27(25,26)18-2)19-21-17(24)11-23-16-6-4-3-5-15(16)20-22-23/h3-10,18H,11H2,1-2H3,(H,21,24)/b19-12-. The first-order valence-corrected chi connectivity index (χ1v) is 9.54. The third-order valence-corrected chi connectivity index (χ3v) is 5.34. The second kappa shape index (κ2) is 7.64. The van der Waals surface area contributed by atoms with E-state index in [1.165, 1.54) is 23.9 Å². The van der Waals surface area contributed by atoms with Crippen molar-refractivity contribution in [2.24, 2.45) is 5.10 Å². The third kappa shape index (κ3) is 4.18. The lowest BCUT2D eigenvalue weighted by Crippen LogP contribution is -2.24. The van der Waals surface area contributed by atoms with E-state index < -0.39 is 10.0 Å². The van der Waals surface area contributed by atoms with Crippen LogP contribution in [0.1, 0.15) is 12.5 Å². The van der Waals surface area contributed by atoms with Crippen molar-refractivity contribution in [1.29, 1.82) is 0 Å². The largest absolute Gasteiger partial charge is 0.271 e. The zero-order valence-electron chi connectivity index (χ0n) is 14.7. The molecule has 0 fully saturated rings. The Kier molecular flexibility index (Phi) is 5.28. The number of para-hydroxylation sites is 1. The second-order valence-electron chi connectivity index (χ2n) is 5.70. The Labute approximate surface area is 156 Å². The van der Waals surface area contributed by atoms with Crippen LogP contribution in [0.2, 0.25) is 0 Å². The Morgan fingerprint density at radius 1 is 1.15 bits per heavy atom. The van der Waals surface area contributed by atoms with Gasteiger partial charge in [-0.2, -0.15) is 5.10 Å². The number of nitrogens with zero attached hydrogens (tertiary/aromatic N) is 4. The summed E-state index contributed by atoms with van der Waals surface area (Å²) in [7, 11) is -2.14. The Bertz CT molecular complexity index is 1100. The molecule has 0 saturated carbocycles. The molecule has 2 aromatic carbocycles. The molecular weight excluding hydrogens is 368 g/mol. The van der Waals surface area contributed by atoms with Gasteiger partial charge < -0.3 is 0 Å². The number of carbonyl (C=O) groups is 1. The van der Waals surface area contributed by atoms with E-state index >= 15 is 0 Å². The van der Waals surface area contributed by atoms with E-state index in [1.54, 1.807) is 19.1 Å². The van der Waals surface area contributed by atoms with E-state index in [9.17, 15) is 13.2 Å². The van der Waals surface area contributed by atoms with E-state index in [4.69, 9.17) is 0 Å². The maximum atomic E-state index is 12.1. The van der Waals surface area contributed by atoms with Crippen LogP contribution in [0.4, 0.5) is 0 Å². The number of hydrogen-bond donors (Lipinski definition) is 2. The summed E-state index contributed by atoms with van der Waals surface area (Å²) in [4.78, 5) is 12.3. The van der Waals surface area contributed by atoms with Gasteiger partial charge in [0, 0.05) is 0 Å². The highest BCUT2D eigenvalue weighted by atomic mass is 32.2. The smallest absolute Gasteiger partial charge is 0.261 e. The summed E-state index contributed by atoms with van der Waals surface area (Å²) in [5.74, 6) is -0.348. The first-order chi connectivity index (χ1) is 12.9. The molecule has 0 saturated heterocycles. The molecule has 3 rings (SSSR count). The molecule has 0 bridgehead atoms. The van der Waals surface area contributed by atoms with Crippen LogP contribution in [-0.4, -0.2) is 42.1 Å². The van der Waals surface area contributed by atoms with Crippen LogP contribution >= 0.6 is 0 Å². The van der Waals surface area contributed by atoms with Crippen LogP contribution in [0.3, 0.4) is 0 Å². The molecule has 3 aromatic rings. The van der Waals surface area contributed by atoms with Gasteiger partial charge in [0.25, 0.3) is 5.91 Å². The van der Waals surface area contributed by atoms with Crippen molar-refractivity contribution < 1.29 is 13.2 Å². The third-order valence-electron chi connectivity index (χ3n) is 3.91. The fraction of sp³-hybridized carbons (Fsp3) is 0.176. The number of hydrazone groups is 1. The average molecular weight is 386 g/mol. The molecular formula is C17H18N6O3S. The molecule has 1 heterocycles. The van der Waals surface area contributed by atoms with Crippen LogP contribution in [0, 0.1) is 0 Å². The molecule has 2 N–H and O–H groups in total. The minimum absolute atomic E-state index is 0.0172. The Morgan fingerprint density at radius 2 is 1.85 bits per heavy atom. The van der Waals surface area contributed by atoms with Crippen molar-refractivity contribution in [1.82, 2.24) is 25.1 Å². The molecule has 140 valence electrons. The molecule has 10 heteroatoms. The van der Waals surface area contributed by atoms with E-state index in [0.29, 0.717) is 16.8 Å². The van der Waals surface area contributed by atoms with Gasteiger partial charge in [0.1, 0.15) is 12.1 Å². The maximum Gasteiger partial charge on any atom is 0.261 e.